The number of hydrogen-bond acceptors (Lipinski definition) is 5. The number of nitrogens with one attached hydrogen (secondary N) is 1. The molecule has 0 aromatic heterocycles. The molecular weight excluding hydrogens is 270 g/mol. The first-order valence-corrected chi connectivity index (χ1v) is 7.59. The smallest absolute Gasteiger partial charge is 0.271 e. The van der Waals surface area contributed by atoms with Gasteiger partial charge in [-0.05, 0) is 27.7 Å². The Morgan fingerprint density at radius 1 is 1.00 bits per heavy atom. The summed E-state index contributed by atoms with van der Waals surface area (Å²) < 4.78 is 53.0. The van der Waals surface area contributed by atoms with Gasteiger partial charge in [-0.15, -0.1) is 0 Å². The number of hydrogen-bond donors (Lipinski definition) is 2. The highest BCUT2D eigenvalue weighted by Crippen LogP contribution is 2.35. The lowest BCUT2D eigenvalue weighted by atomic mass is 9.98. The van der Waals surface area contributed by atoms with Gasteiger partial charge in [0.05, 0.1) is 0 Å². The summed E-state index contributed by atoms with van der Waals surface area (Å²) in [5.41, 5.74) is 0. The fraction of sp³-hybridized carbons (Fsp3) is 0.875. The van der Waals surface area contributed by atoms with Crippen molar-refractivity contribution in [3.8, 4) is 0 Å². The van der Waals surface area contributed by atoms with Crippen LogP contribution < -0.4 is 4.72 Å². The highest BCUT2D eigenvalue weighted by atomic mass is 32.2. The first-order chi connectivity index (χ1) is 7.17. The zero-order valence-corrected chi connectivity index (χ0v) is 11.9. The van der Waals surface area contributed by atoms with Gasteiger partial charge in [0.25, 0.3) is 10.1 Å². The van der Waals surface area contributed by atoms with Crippen LogP contribution in [-0.2, 0) is 24.9 Å². The van der Waals surface area contributed by atoms with Crippen molar-refractivity contribution in [2.24, 2.45) is 0 Å². The second-order valence-corrected chi connectivity index (χ2v) is 8.86. The van der Waals surface area contributed by atoms with Crippen molar-refractivity contribution in [2.45, 2.75) is 44.1 Å². The highest BCUT2D eigenvalue weighted by molar-refractivity contribution is 7.94. The third-order valence-electron chi connectivity index (χ3n) is 3.04. The van der Waals surface area contributed by atoms with Crippen LogP contribution in [0.15, 0.2) is 0 Å². The van der Waals surface area contributed by atoms with Crippen LogP contribution in [0.4, 0.5) is 0 Å². The zero-order valence-electron chi connectivity index (χ0n) is 10.3. The molecule has 0 fully saturated rings. The van der Waals surface area contributed by atoms with Crippen LogP contribution in [0.1, 0.15) is 34.6 Å². The number of carbonyl (C=O) groups is 1. The minimum Gasteiger partial charge on any atom is -0.285 e. The Balaban J connectivity index is 5.82. The van der Waals surface area contributed by atoms with Crippen LogP contribution in [0.25, 0.3) is 0 Å². The molecule has 1 amide bonds. The second-order valence-electron chi connectivity index (χ2n) is 4.66. The molecule has 0 saturated carbocycles. The molecule has 2 N–H and O–H groups in total. The molecule has 0 aliphatic rings. The summed E-state index contributed by atoms with van der Waals surface area (Å²) in [4.78, 5) is 10.8. The van der Waals surface area contributed by atoms with Gasteiger partial charge in [0.1, 0.15) is 9.49 Å². The fourth-order valence-corrected chi connectivity index (χ4v) is 3.50. The Hall–Kier alpha value is -0.670. The topological polar surface area (TPSA) is 118 Å². The average Bonchev–Trinajstić information content (AvgIpc) is 1.98. The molecule has 0 aliphatic heterocycles. The molecule has 0 rings (SSSR count). The van der Waals surface area contributed by atoms with Gasteiger partial charge in [0, 0.05) is 6.92 Å². The minimum atomic E-state index is -4.61. The molecule has 17 heavy (non-hydrogen) atoms. The van der Waals surface area contributed by atoms with Crippen LogP contribution in [0.3, 0.4) is 0 Å². The van der Waals surface area contributed by atoms with Crippen LogP contribution in [0.2, 0.25) is 0 Å². The van der Waals surface area contributed by atoms with E-state index >= 15 is 0 Å². The zero-order chi connectivity index (χ0) is 14.3. The molecule has 0 aromatic carbocycles. The summed E-state index contributed by atoms with van der Waals surface area (Å²) in [5, 5.41) is 0. The molecule has 9 heteroatoms. The summed E-state index contributed by atoms with van der Waals surface area (Å²) in [6, 6.07) is 0. The first-order valence-electron chi connectivity index (χ1n) is 4.67. The summed E-state index contributed by atoms with van der Waals surface area (Å²) in [7, 11) is -8.85. The Morgan fingerprint density at radius 3 is 1.59 bits per heavy atom. The lowest BCUT2D eigenvalue weighted by Gasteiger charge is -2.37. The number of rotatable bonds is 4. The third-order valence-corrected chi connectivity index (χ3v) is 7.38. The lowest BCUT2D eigenvalue weighted by molar-refractivity contribution is -0.117. The molecule has 7 nitrogen and oxygen atoms in total. The van der Waals surface area contributed by atoms with E-state index in [1.54, 1.807) is 4.72 Å². The van der Waals surface area contributed by atoms with Crippen LogP contribution in [-0.4, -0.2) is 36.8 Å². The van der Waals surface area contributed by atoms with Crippen LogP contribution >= 0.6 is 0 Å². The molecule has 0 spiro atoms. The predicted molar refractivity (Wildman–Crippen MR) is 62.4 cm³/mol. The van der Waals surface area contributed by atoms with Crippen molar-refractivity contribution in [1.29, 1.82) is 0 Å². The Labute approximate surface area is 101 Å². The number of carbonyl (C=O) groups excluding carboxylic acids is 1. The lowest BCUT2D eigenvalue weighted by Crippen LogP contribution is -2.59. The van der Waals surface area contributed by atoms with Gasteiger partial charge < -0.3 is 0 Å². The first kappa shape index (κ1) is 16.3. The maximum absolute atomic E-state index is 11.8. The molecule has 0 bridgehead atoms. The molecule has 102 valence electrons. The van der Waals surface area contributed by atoms with E-state index in [1.165, 1.54) is 0 Å². The van der Waals surface area contributed by atoms with E-state index in [1.807, 2.05) is 0 Å². The van der Waals surface area contributed by atoms with Crippen molar-refractivity contribution in [3.05, 3.63) is 0 Å². The van der Waals surface area contributed by atoms with Crippen molar-refractivity contribution in [2.75, 3.05) is 0 Å². The minimum absolute atomic E-state index is 0.829. The maximum Gasteiger partial charge on any atom is 0.271 e. The van der Waals surface area contributed by atoms with E-state index in [2.05, 4.69) is 0 Å². The summed E-state index contributed by atoms with van der Waals surface area (Å²) in [5.74, 6) is -0.829. The molecule has 0 aromatic rings. The Bertz CT molecular complexity index is 514. The quantitative estimate of drug-likeness (QED) is 0.697. The predicted octanol–water partition coefficient (Wildman–Crippen LogP) is -0.103. The summed E-state index contributed by atoms with van der Waals surface area (Å²) in [6.07, 6.45) is 0. The van der Waals surface area contributed by atoms with E-state index in [0.717, 1.165) is 34.6 Å². The van der Waals surface area contributed by atoms with E-state index in [-0.39, 0.29) is 0 Å². The summed E-state index contributed by atoms with van der Waals surface area (Å²) in [6.45, 7) is 5.37. The second kappa shape index (κ2) is 4.21. The largest absolute Gasteiger partial charge is 0.285 e. The van der Waals surface area contributed by atoms with Gasteiger partial charge in [0.2, 0.25) is 15.9 Å². The molecule has 0 radical (unpaired) electrons. The van der Waals surface area contributed by atoms with Gasteiger partial charge in [0.15, 0.2) is 0 Å². The number of amides is 1. The van der Waals surface area contributed by atoms with Gasteiger partial charge in [-0.25, -0.2) is 8.42 Å². The fourth-order valence-electron chi connectivity index (χ4n) is 0.951. The maximum atomic E-state index is 11.8. The molecule has 0 saturated heterocycles. The van der Waals surface area contributed by atoms with Gasteiger partial charge in [-0.2, -0.15) is 8.42 Å². The molecule has 0 unspecified atom stereocenters. The van der Waals surface area contributed by atoms with Gasteiger partial charge in [-0.1, -0.05) is 0 Å². The third kappa shape index (κ3) is 2.78. The standard InChI is InChI=1S/C8H17NO6S2/c1-6(10)9-16(11,12)7(2,3)8(4,5)17(13,14)15/h1-5H3,(H,9,10)(H,13,14,15). The molecule has 0 atom stereocenters. The van der Waals surface area contributed by atoms with Crippen LogP contribution in [0, 0.1) is 0 Å². The SMILES string of the molecule is CC(=O)NS(=O)(=O)C(C)(C)C(C)(C)S(=O)(=O)O. The molecule has 0 heterocycles. The van der Waals surface area contributed by atoms with E-state index < -0.39 is 35.5 Å². The number of sulfonamides is 1. The molecular formula is C8H17NO6S2. The van der Waals surface area contributed by atoms with Crippen molar-refractivity contribution < 1.29 is 26.2 Å². The monoisotopic (exact) mass is 287 g/mol. The van der Waals surface area contributed by atoms with E-state index in [0.29, 0.717) is 0 Å². The Morgan fingerprint density at radius 2 is 1.35 bits per heavy atom. The summed E-state index contributed by atoms with van der Waals surface area (Å²) >= 11 is 0. The normalized spacial score (nSPS) is 14.5. The van der Waals surface area contributed by atoms with E-state index in [4.69, 9.17) is 4.55 Å². The van der Waals surface area contributed by atoms with E-state index in [9.17, 15) is 21.6 Å². The Kier molecular flexibility index (Phi) is 4.05. The van der Waals surface area contributed by atoms with Crippen LogP contribution in [0.5, 0.6) is 0 Å². The molecule has 0 aliphatic carbocycles. The van der Waals surface area contributed by atoms with Crippen molar-refractivity contribution in [3.63, 3.8) is 0 Å². The van der Waals surface area contributed by atoms with Gasteiger partial charge in [-0.3, -0.25) is 14.1 Å². The van der Waals surface area contributed by atoms with Gasteiger partial charge >= 0.3 is 0 Å². The van der Waals surface area contributed by atoms with Crippen molar-refractivity contribution >= 4 is 26.0 Å². The average molecular weight is 287 g/mol. The van der Waals surface area contributed by atoms with Crippen molar-refractivity contribution in [1.82, 2.24) is 4.72 Å². The highest BCUT2D eigenvalue weighted by Gasteiger charge is 2.55.